The molecule has 4 rings (SSSR count). The number of morpholine rings is 1. The number of anilines is 1. The Balaban J connectivity index is 1.66. The van der Waals surface area contributed by atoms with Gasteiger partial charge in [-0.05, 0) is 24.4 Å². The fraction of sp³-hybridized carbons (Fsp3) is 0.389. The molecular formula is C18H19N3O3S2. The second-order valence-corrected chi connectivity index (χ2v) is 8.37. The molecule has 0 radical (unpaired) electrons. The van der Waals surface area contributed by atoms with Gasteiger partial charge in [-0.1, -0.05) is 6.07 Å². The molecule has 4 heterocycles. The molecule has 0 N–H and O–H groups in total. The summed E-state index contributed by atoms with van der Waals surface area (Å²) >= 11 is 3.14. The number of amides is 2. The first-order valence-corrected chi connectivity index (χ1v) is 10.2. The van der Waals surface area contributed by atoms with Crippen LogP contribution in [0.4, 0.5) is 5.00 Å². The van der Waals surface area contributed by atoms with Gasteiger partial charge in [0, 0.05) is 23.5 Å². The average Bonchev–Trinajstić information content (AvgIpc) is 3.28. The predicted octanol–water partition coefficient (Wildman–Crippen LogP) is 2.16. The van der Waals surface area contributed by atoms with E-state index in [4.69, 9.17) is 4.74 Å². The van der Waals surface area contributed by atoms with Crippen molar-refractivity contribution in [2.75, 3.05) is 44.3 Å². The maximum atomic E-state index is 12.8. The minimum absolute atomic E-state index is 0.0433. The van der Waals surface area contributed by atoms with Crippen LogP contribution in [0.3, 0.4) is 0 Å². The summed E-state index contributed by atoms with van der Waals surface area (Å²) in [5.41, 5.74) is 1.78. The third-order valence-corrected chi connectivity index (χ3v) is 6.37. The first kappa shape index (κ1) is 17.4. The maximum absolute atomic E-state index is 12.8. The molecule has 2 aliphatic heterocycles. The van der Waals surface area contributed by atoms with E-state index in [1.807, 2.05) is 24.4 Å². The maximum Gasteiger partial charge on any atom is 0.249 e. The molecule has 136 valence electrons. The molecular weight excluding hydrogens is 370 g/mol. The number of aryl methyl sites for hydroxylation is 1. The van der Waals surface area contributed by atoms with Crippen molar-refractivity contribution in [3.8, 4) is 0 Å². The van der Waals surface area contributed by atoms with E-state index in [0.29, 0.717) is 26.3 Å². The van der Waals surface area contributed by atoms with Gasteiger partial charge in [0.25, 0.3) is 0 Å². The number of thiophene rings is 2. The summed E-state index contributed by atoms with van der Waals surface area (Å²) < 4.78 is 5.31. The SMILES string of the molecule is Cc1cc2c(s1)N(CC(=O)N1CCOCC1)C(=O)CN=C2c1cccs1. The standard InChI is InChI=1S/C18H19N3O3S2/c1-12-9-13-17(14-3-2-8-25-14)19-10-15(22)21(18(13)26-12)11-16(23)20-4-6-24-7-5-20/h2-3,8-9H,4-7,10-11H2,1H3. The summed E-state index contributed by atoms with van der Waals surface area (Å²) in [5.74, 6) is -0.181. The molecule has 6 nitrogen and oxygen atoms in total. The first-order chi connectivity index (χ1) is 12.6. The molecule has 26 heavy (non-hydrogen) atoms. The number of rotatable bonds is 3. The number of carbonyl (C=O) groups excluding carboxylic acids is 2. The average molecular weight is 390 g/mol. The molecule has 0 unspecified atom stereocenters. The van der Waals surface area contributed by atoms with Gasteiger partial charge in [-0.15, -0.1) is 22.7 Å². The molecule has 0 aromatic carbocycles. The van der Waals surface area contributed by atoms with Gasteiger partial charge in [0.2, 0.25) is 11.8 Å². The van der Waals surface area contributed by atoms with Gasteiger partial charge in [-0.3, -0.25) is 19.5 Å². The van der Waals surface area contributed by atoms with E-state index in [9.17, 15) is 9.59 Å². The Morgan fingerprint density at radius 2 is 2.15 bits per heavy atom. The third kappa shape index (κ3) is 3.32. The number of hydrogen-bond donors (Lipinski definition) is 0. The van der Waals surface area contributed by atoms with Gasteiger partial charge in [-0.25, -0.2) is 0 Å². The zero-order valence-electron chi connectivity index (χ0n) is 14.4. The Labute approximate surface area is 159 Å². The zero-order chi connectivity index (χ0) is 18.1. The van der Waals surface area contributed by atoms with Crippen LogP contribution in [-0.2, 0) is 14.3 Å². The molecule has 1 fully saturated rings. The van der Waals surface area contributed by atoms with Gasteiger partial charge in [0.15, 0.2) is 0 Å². The van der Waals surface area contributed by atoms with Crippen molar-refractivity contribution in [1.82, 2.24) is 4.90 Å². The molecule has 8 heteroatoms. The Hall–Kier alpha value is -2.03. The highest BCUT2D eigenvalue weighted by Crippen LogP contribution is 2.35. The van der Waals surface area contributed by atoms with E-state index in [0.717, 1.165) is 26.0 Å². The first-order valence-electron chi connectivity index (χ1n) is 8.48. The molecule has 0 aliphatic carbocycles. The second-order valence-electron chi connectivity index (χ2n) is 6.19. The van der Waals surface area contributed by atoms with Crippen LogP contribution in [0.25, 0.3) is 0 Å². The van der Waals surface area contributed by atoms with Crippen molar-refractivity contribution < 1.29 is 14.3 Å². The van der Waals surface area contributed by atoms with Gasteiger partial charge in [0.05, 0.1) is 23.8 Å². The van der Waals surface area contributed by atoms with E-state index >= 15 is 0 Å². The monoisotopic (exact) mass is 389 g/mol. The normalized spacial score (nSPS) is 17.7. The fourth-order valence-corrected chi connectivity index (χ4v) is 4.91. The number of aliphatic imine (C=N–C) groups is 1. The van der Waals surface area contributed by atoms with Crippen LogP contribution in [0.5, 0.6) is 0 Å². The largest absolute Gasteiger partial charge is 0.378 e. The summed E-state index contributed by atoms with van der Waals surface area (Å²) in [5, 5.41) is 2.82. The van der Waals surface area contributed by atoms with Crippen LogP contribution in [-0.4, -0.2) is 61.8 Å². The lowest BCUT2D eigenvalue weighted by Gasteiger charge is -2.29. The van der Waals surface area contributed by atoms with Crippen molar-refractivity contribution in [3.05, 3.63) is 38.9 Å². The van der Waals surface area contributed by atoms with E-state index in [2.05, 4.69) is 11.1 Å². The molecule has 0 atom stereocenters. The van der Waals surface area contributed by atoms with Crippen LogP contribution >= 0.6 is 22.7 Å². The molecule has 0 saturated carbocycles. The quantitative estimate of drug-likeness (QED) is 0.808. The van der Waals surface area contributed by atoms with Crippen LogP contribution in [0.2, 0.25) is 0 Å². The van der Waals surface area contributed by atoms with Crippen LogP contribution in [0, 0.1) is 6.92 Å². The molecule has 2 aliphatic rings. The van der Waals surface area contributed by atoms with Crippen molar-refractivity contribution >= 4 is 45.2 Å². The zero-order valence-corrected chi connectivity index (χ0v) is 16.1. The lowest BCUT2D eigenvalue weighted by Crippen LogP contribution is -2.47. The van der Waals surface area contributed by atoms with Crippen LogP contribution in [0.15, 0.2) is 28.6 Å². The van der Waals surface area contributed by atoms with Gasteiger partial charge < -0.3 is 9.64 Å². The van der Waals surface area contributed by atoms with Crippen molar-refractivity contribution in [1.29, 1.82) is 0 Å². The minimum atomic E-state index is -0.138. The summed E-state index contributed by atoms with van der Waals surface area (Å²) in [6, 6.07) is 6.05. The van der Waals surface area contributed by atoms with E-state index in [1.54, 1.807) is 21.1 Å². The topological polar surface area (TPSA) is 62.2 Å². The second kappa shape index (κ2) is 7.30. The fourth-order valence-electron chi connectivity index (χ4n) is 3.13. The van der Waals surface area contributed by atoms with E-state index in [1.165, 1.54) is 11.3 Å². The molecule has 0 spiro atoms. The van der Waals surface area contributed by atoms with Crippen LogP contribution < -0.4 is 4.90 Å². The summed E-state index contributed by atoms with van der Waals surface area (Å²) in [6.07, 6.45) is 0. The third-order valence-electron chi connectivity index (χ3n) is 4.42. The molecule has 2 amide bonds. The van der Waals surface area contributed by atoms with Crippen molar-refractivity contribution in [2.24, 2.45) is 4.99 Å². The van der Waals surface area contributed by atoms with Gasteiger partial charge >= 0.3 is 0 Å². The molecule has 2 aromatic rings. The lowest BCUT2D eigenvalue weighted by molar-refractivity contribution is -0.134. The molecule has 2 aromatic heterocycles. The van der Waals surface area contributed by atoms with E-state index < -0.39 is 0 Å². The number of nitrogens with zero attached hydrogens (tertiary/aromatic N) is 3. The number of fused-ring (bicyclic) bond motifs is 1. The Morgan fingerprint density at radius 1 is 1.35 bits per heavy atom. The highest BCUT2D eigenvalue weighted by Gasteiger charge is 2.30. The number of ether oxygens (including phenoxy) is 1. The van der Waals surface area contributed by atoms with Crippen LogP contribution in [0.1, 0.15) is 15.3 Å². The summed E-state index contributed by atoms with van der Waals surface area (Å²) in [7, 11) is 0. The van der Waals surface area contributed by atoms with Crippen molar-refractivity contribution in [3.63, 3.8) is 0 Å². The minimum Gasteiger partial charge on any atom is -0.378 e. The van der Waals surface area contributed by atoms with Gasteiger partial charge in [-0.2, -0.15) is 0 Å². The Bertz CT molecular complexity index is 851. The predicted molar refractivity (Wildman–Crippen MR) is 104 cm³/mol. The number of hydrogen-bond acceptors (Lipinski definition) is 6. The Kier molecular flexibility index (Phi) is 4.88. The van der Waals surface area contributed by atoms with Gasteiger partial charge in [0.1, 0.15) is 18.1 Å². The van der Waals surface area contributed by atoms with E-state index in [-0.39, 0.29) is 24.9 Å². The molecule has 1 saturated heterocycles. The molecule has 0 bridgehead atoms. The number of carbonyl (C=O) groups is 2. The summed E-state index contributed by atoms with van der Waals surface area (Å²) in [6.45, 7) is 4.38. The Morgan fingerprint density at radius 3 is 2.88 bits per heavy atom. The van der Waals surface area contributed by atoms with Crippen molar-refractivity contribution in [2.45, 2.75) is 6.92 Å². The smallest absolute Gasteiger partial charge is 0.249 e. The lowest BCUT2D eigenvalue weighted by atomic mass is 10.1. The summed E-state index contributed by atoms with van der Waals surface area (Å²) in [4.78, 5) is 35.5. The highest BCUT2D eigenvalue weighted by molar-refractivity contribution is 7.17. The highest BCUT2D eigenvalue weighted by atomic mass is 32.1.